The van der Waals surface area contributed by atoms with E-state index in [1.165, 1.54) is 0 Å². The molecule has 0 saturated heterocycles. The number of hydrogen-bond donors (Lipinski definition) is 3. The number of anilines is 1. The van der Waals surface area contributed by atoms with Crippen LogP contribution in [0.5, 0.6) is 0 Å². The van der Waals surface area contributed by atoms with Gasteiger partial charge in [-0.3, -0.25) is 0 Å². The average molecular weight is 206 g/mol. The lowest BCUT2D eigenvalue weighted by molar-refractivity contribution is 0.204. The molecule has 1 aromatic carbocycles. The summed E-state index contributed by atoms with van der Waals surface area (Å²) in [7, 11) is 0. The number of aliphatic hydroxyl groups is 2. The minimum Gasteiger partial charge on any atom is -0.394 e. The maximum Gasteiger partial charge on any atom is 0.101 e. The Morgan fingerprint density at radius 2 is 2.07 bits per heavy atom. The maximum atomic E-state index is 8.90. The summed E-state index contributed by atoms with van der Waals surface area (Å²) in [5.74, 6) is 0. The van der Waals surface area contributed by atoms with Crippen LogP contribution in [0.15, 0.2) is 18.2 Å². The Morgan fingerprint density at radius 1 is 1.40 bits per heavy atom. The van der Waals surface area contributed by atoms with E-state index >= 15 is 0 Å². The van der Waals surface area contributed by atoms with Crippen molar-refractivity contribution in [1.29, 1.82) is 5.26 Å². The van der Waals surface area contributed by atoms with Gasteiger partial charge in [-0.15, -0.1) is 0 Å². The molecule has 4 heteroatoms. The molecule has 1 rings (SSSR count). The maximum absolute atomic E-state index is 8.90. The Labute approximate surface area is 88.8 Å². The molecule has 3 N–H and O–H groups in total. The van der Waals surface area contributed by atoms with Gasteiger partial charge in [-0.05, 0) is 24.6 Å². The summed E-state index contributed by atoms with van der Waals surface area (Å²) in [6, 6.07) is 7.03. The molecule has 1 aromatic rings. The standard InChI is InChI=1S/C11H14N2O2/c1-8-2-3-11(9(4-8)5-12)13-10(6-14)7-15/h2-4,10,13-15H,6-7H2,1H3. The Hall–Kier alpha value is -1.57. The molecule has 0 atom stereocenters. The molecule has 0 aliphatic carbocycles. The summed E-state index contributed by atoms with van der Waals surface area (Å²) >= 11 is 0. The van der Waals surface area contributed by atoms with Crippen LogP contribution in [0, 0.1) is 18.3 Å². The van der Waals surface area contributed by atoms with Crippen LogP contribution in [0.3, 0.4) is 0 Å². The summed E-state index contributed by atoms with van der Waals surface area (Å²) < 4.78 is 0. The Kier molecular flexibility index (Phi) is 4.10. The fourth-order valence-electron chi connectivity index (χ4n) is 1.25. The van der Waals surface area contributed by atoms with Crippen molar-refractivity contribution in [1.82, 2.24) is 0 Å². The predicted octanol–water partition coefficient (Wildman–Crippen LogP) is 0.632. The minimum absolute atomic E-state index is 0.171. The number of hydrogen-bond acceptors (Lipinski definition) is 4. The zero-order chi connectivity index (χ0) is 11.3. The molecule has 0 amide bonds. The molecule has 0 heterocycles. The van der Waals surface area contributed by atoms with Crippen molar-refractivity contribution in [2.45, 2.75) is 13.0 Å². The van der Waals surface area contributed by atoms with Gasteiger partial charge >= 0.3 is 0 Å². The number of nitrogens with one attached hydrogen (secondary N) is 1. The van der Waals surface area contributed by atoms with Crippen LogP contribution in [0.25, 0.3) is 0 Å². The van der Waals surface area contributed by atoms with Crippen molar-refractivity contribution in [3.63, 3.8) is 0 Å². The Bertz CT molecular complexity index is 367. The highest BCUT2D eigenvalue weighted by molar-refractivity contribution is 5.59. The molecule has 15 heavy (non-hydrogen) atoms. The highest BCUT2D eigenvalue weighted by atomic mass is 16.3. The van der Waals surface area contributed by atoms with Gasteiger partial charge in [-0.2, -0.15) is 5.26 Å². The van der Waals surface area contributed by atoms with Gasteiger partial charge in [0.2, 0.25) is 0 Å². The van der Waals surface area contributed by atoms with Gasteiger partial charge in [-0.25, -0.2) is 0 Å². The predicted molar refractivity (Wildman–Crippen MR) is 57.5 cm³/mol. The normalized spacial score (nSPS) is 10.1. The number of aryl methyl sites for hydroxylation is 1. The van der Waals surface area contributed by atoms with Crippen LogP contribution in [-0.4, -0.2) is 29.5 Å². The van der Waals surface area contributed by atoms with Crippen LogP contribution in [0.4, 0.5) is 5.69 Å². The SMILES string of the molecule is Cc1ccc(NC(CO)CO)c(C#N)c1. The van der Waals surface area contributed by atoms with E-state index in [2.05, 4.69) is 11.4 Å². The van der Waals surface area contributed by atoms with E-state index in [9.17, 15) is 0 Å². The average Bonchev–Trinajstić information content (AvgIpc) is 2.27. The highest BCUT2D eigenvalue weighted by Crippen LogP contribution is 2.17. The van der Waals surface area contributed by atoms with E-state index in [0.717, 1.165) is 5.56 Å². The van der Waals surface area contributed by atoms with E-state index in [0.29, 0.717) is 11.3 Å². The van der Waals surface area contributed by atoms with Crippen LogP contribution in [0.1, 0.15) is 11.1 Å². The van der Waals surface area contributed by atoms with E-state index in [4.69, 9.17) is 15.5 Å². The molecule has 0 unspecified atom stereocenters. The quantitative estimate of drug-likeness (QED) is 0.675. The van der Waals surface area contributed by atoms with Crippen molar-refractivity contribution < 1.29 is 10.2 Å². The van der Waals surface area contributed by atoms with Crippen molar-refractivity contribution in [2.75, 3.05) is 18.5 Å². The number of aliphatic hydroxyl groups excluding tert-OH is 2. The number of nitrogens with zero attached hydrogens (tertiary/aromatic N) is 1. The van der Waals surface area contributed by atoms with E-state index in [-0.39, 0.29) is 13.2 Å². The zero-order valence-corrected chi connectivity index (χ0v) is 8.57. The lowest BCUT2D eigenvalue weighted by Gasteiger charge is -2.15. The third kappa shape index (κ3) is 2.94. The lowest BCUT2D eigenvalue weighted by Crippen LogP contribution is -2.28. The molecule has 0 aliphatic heterocycles. The smallest absolute Gasteiger partial charge is 0.101 e. The summed E-state index contributed by atoms with van der Waals surface area (Å²) in [4.78, 5) is 0. The summed E-state index contributed by atoms with van der Waals surface area (Å²) in [5, 5.41) is 29.6. The second-order valence-corrected chi connectivity index (χ2v) is 3.37. The van der Waals surface area contributed by atoms with Crippen molar-refractivity contribution in [3.8, 4) is 6.07 Å². The fourth-order valence-corrected chi connectivity index (χ4v) is 1.25. The van der Waals surface area contributed by atoms with E-state index in [1.54, 1.807) is 12.1 Å². The summed E-state index contributed by atoms with van der Waals surface area (Å²) in [6.07, 6.45) is 0. The summed E-state index contributed by atoms with van der Waals surface area (Å²) in [6.45, 7) is 1.56. The molecular weight excluding hydrogens is 192 g/mol. The number of benzene rings is 1. The van der Waals surface area contributed by atoms with Gasteiger partial charge in [0.25, 0.3) is 0 Å². The third-order valence-electron chi connectivity index (χ3n) is 2.10. The highest BCUT2D eigenvalue weighted by Gasteiger charge is 2.08. The second kappa shape index (κ2) is 5.35. The fraction of sp³-hybridized carbons (Fsp3) is 0.364. The van der Waals surface area contributed by atoms with Gasteiger partial charge in [0.1, 0.15) is 6.07 Å². The first kappa shape index (κ1) is 11.5. The van der Waals surface area contributed by atoms with Crippen LogP contribution in [0.2, 0.25) is 0 Å². The van der Waals surface area contributed by atoms with Gasteiger partial charge in [0.15, 0.2) is 0 Å². The van der Waals surface area contributed by atoms with Gasteiger partial charge in [-0.1, -0.05) is 6.07 Å². The second-order valence-electron chi connectivity index (χ2n) is 3.37. The van der Waals surface area contributed by atoms with Crippen molar-refractivity contribution in [2.24, 2.45) is 0 Å². The van der Waals surface area contributed by atoms with Crippen LogP contribution < -0.4 is 5.32 Å². The zero-order valence-electron chi connectivity index (χ0n) is 8.57. The van der Waals surface area contributed by atoms with Gasteiger partial charge in [0.05, 0.1) is 30.5 Å². The van der Waals surface area contributed by atoms with Gasteiger partial charge < -0.3 is 15.5 Å². The molecule has 0 saturated carbocycles. The topological polar surface area (TPSA) is 76.3 Å². The minimum atomic E-state index is -0.431. The monoisotopic (exact) mass is 206 g/mol. The lowest BCUT2D eigenvalue weighted by atomic mass is 10.1. The molecule has 0 bridgehead atoms. The molecule has 0 fully saturated rings. The largest absolute Gasteiger partial charge is 0.394 e. The van der Waals surface area contributed by atoms with Crippen LogP contribution >= 0.6 is 0 Å². The van der Waals surface area contributed by atoms with Gasteiger partial charge in [0, 0.05) is 0 Å². The first-order valence-electron chi connectivity index (χ1n) is 4.70. The Morgan fingerprint density at radius 3 is 2.60 bits per heavy atom. The molecule has 0 aromatic heterocycles. The molecule has 0 radical (unpaired) electrons. The summed E-state index contributed by atoms with van der Waals surface area (Å²) in [5.41, 5.74) is 2.15. The van der Waals surface area contributed by atoms with E-state index < -0.39 is 6.04 Å². The first-order chi connectivity index (χ1) is 7.21. The molecular formula is C11H14N2O2. The van der Waals surface area contributed by atoms with Crippen molar-refractivity contribution in [3.05, 3.63) is 29.3 Å². The van der Waals surface area contributed by atoms with Crippen molar-refractivity contribution >= 4 is 5.69 Å². The number of rotatable bonds is 4. The first-order valence-corrected chi connectivity index (χ1v) is 4.70. The third-order valence-corrected chi connectivity index (χ3v) is 2.10. The number of nitriles is 1. The molecule has 80 valence electrons. The molecule has 0 aliphatic rings. The Balaban J connectivity index is 2.90. The molecule has 0 spiro atoms. The van der Waals surface area contributed by atoms with Crippen LogP contribution in [-0.2, 0) is 0 Å². The molecule has 4 nitrogen and oxygen atoms in total. The van der Waals surface area contributed by atoms with E-state index in [1.807, 2.05) is 13.0 Å².